The van der Waals surface area contributed by atoms with Gasteiger partial charge in [-0.15, -0.1) is 0 Å². The van der Waals surface area contributed by atoms with Crippen LogP contribution in [0.15, 0.2) is 0 Å². The van der Waals surface area contributed by atoms with Crippen molar-refractivity contribution in [2.75, 3.05) is 13.3 Å². The van der Waals surface area contributed by atoms with Gasteiger partial charge in [0.2, 0.25) is 0 Å². The van der Waals surface area contributed by atoms with Gasteiger partial charge in [-0.05, 0) is 38.0 Å². The van der Waals surface area contributed by atoms with Gasteiger partial charge in [0.15, 0.2) is 6.10 Å². The number of epoxide rings is 1. The monoisotopic (exact) mass is 258 g/mol. The van der Waals surface area contributed by atoms with E-state index in [0.29, 0.717) is 24.4 Å². The SMILES string of the molecule is COC(CCC1CCC2OC2C1)C(=O)OC[SiH3]. The fraction of sp³-hybridized carbons (Fsp3) is 0.917. The maximum Gasteiger partial charge on any atom is 0.334 e. The molecule has 17 heavy (non-hydrogen) atoms. The van der Waals surface area contributed by atoms with Crippen LogP contribution in [0.4, 0.5) is 0 Å². The third-order valence-corrected chi connectivity index (χ3v) is 4.07. The Morgan fingerprint density at radius 1 is 1.47 bits per heavy atom. The normalized spacial score (nSPS) is 32.9. The predicted molar refractivity (Wildman–Crippen MR) is 66.9 cm³/mol. The third kappa shape index (κ3) is 3.53. The zero-order valence-corrected chi connectivity index (χ0v) is 12.7. The van der Waals surface area contributed by atoms with Crippen LogP contribution in [-0.4, -0.2) is 47.9 Å². The standard InChI is InChI=1S/C12H22O4Si/c1-14-10(12(13)15-7-17)5-3-8-2-4-9-11(6-8)16-9/h8-11H,2-7H2,1,17H3. The lowest BCUT2D eigenvalue weighted by Gasteiger charge is -2.21. The van der Waals surface area contributed by atoms with Crippen LogP contribution >= 0.6 is 0 Å². The van der Waals surface area contributed by atoms with Crippen molar-refractivity contribution in [3.8, 4) is 0 Å². The van der Waals surface area contributed by atoms with Crippen molar-refractivity contribution in [3.05, 3.63) is 0 Å². The summed E-state index contributed by atoms with van der Waals surface area (Å²) in [6.07, 6.45) is 6.66. The van der Waals surface area contributed by atoms with Crippen LogP contribution in [0, 0.1) is 5.92 Å². The molecule has 1 aliphatic carbocycles. The quantitative estimate of drug-likeness (QED) is 0.388. The van der Waals surface area contributed by atoms with E-state index in [0.717, 1.165) is 29.5 Å². The molecule has 0 aromatic heterocycles. The first-order valence-corrected chi connectivity index (χ1v) is 8.01. The molecule has 4 atom stereocenters. The van der Waals surface area contributed by atoms with E-state index in [2.05, 4.69) is 0 Å². The van der Waals surface area contributed by atoms with Crippen LogP contribution in [0.2, 0.25) is 0 Å². The van der Waals surface area contributed by atoms with Crippen LogP contribution < -0.4 is 0 Å². The summed E-state index contributed by atoms with van der Waals surface area (Å²) in [6, 6.07) is 0. The Morgan fingerprint density at radius 2 is 2.29 bits per heavy atom. The smallest absolute Gasteiger partial charge is 0.334 e. The largest absolute Gasteiger partial charge is 0.469 e. The highest BCUT2D eigenvalue weighted by Gasteiger charge is 2.43. The second-order valence-electron chi connectivity index (χ2n) is 4.95. The van der Waals surface area contributed by atoms with Crippen LogP contribution in [0.25, 0.3) is 0 Å². The summed E-state index contributed by atoms with van der Waals surface area (Å²) in [5, 5.41) is 0. The highest BCUT2D eigenvalue weighted by Crippen LogP contribution is 2.41. The Bertz CT molecular complexity index is 271. The summed E-state index contributed by atoms with van der Waals surface area (Å²) in [5.41, 5.74) is 0. The number of rotatable bonds is 6. The molecule has 0 radical (unpaired) electrons. The third-order valence-electron chi connectivity index (χ3n) is 3.78. The minimum absolute atomic E-state index is 0.196. The first kappa shape index (κ1) is 13.0. The molecular formula is C12H22O4Si. The second kappa shape index (κ2) is 5.98. The van der Waals surface area contributed by atoms with E-state index < -0.39 is 0 Å². The number of methoxy groups -OCH3 is 1. The first-order valence-electron chi connectivity index (χ1n) is 6.59. The van der Waals surface area contributed by atoms with Crippen molar-refractivity contribution >= 4 is 16.2 Å². The Labute approximate surface area is 105 Å². The molecule has 1 saturated carbocycles. The molecule has 4 nitrogen and oxygen atoms in total. The van der Waals surface area contributed by atoms with Gasteiger partial charge in [-0.3, -0.25) is 0 Å². The Hall–Kier alpha value is -0.393. The van der Waals surface area contributed by atoms with E-state index in [1.165, 1.54) is 12.8 Å². The van der Waals surface area contributed by atoms with Crippen molar-refractivity contribution in [2.45, 2.75) is 50.4 Å². The number of carbonyl (C=O) groups is 1. The maximum absolute atomic E-state index is 11.6. The summed E-state index contributed by atoms with van der Waals surface area (Å²) >= 11 is 0. The van der Waals surface area contributed by atoms with Gasteiger partial charge in [0.1, 0.15) is 0 Å². The molecule has 0 amide bonds. The molecule has 1 heterocycles. The van der Waals surface area contributed by atoms with Crippen molar-refractivity contribution in [3.63, 3.8) is 0 Å². The highest BCUT2D eigenvalue weighted by atomic mass is 28.1. The van der Waals surface area contributed by atoms with Gasteiger partial charge in [-0.25, -0.2) is 4.79 Å². The average molecular weight is 258 g/mol. The van der Waals surface area contributed by atoms with Crippen molar-refractivity contribution in [1.82, 2.24) is 0 Å². The number of esters is 1. The molecule has 2 fully saturated rings. The fourth-order valence-corrected chi connectivity index (χ4v) is 2.99. The lowest BCUT2D eigenvalue weighted by molar-refractivity contribution is -0.153. The molecule has 4 unspecified atom stereocenters. The molecule has 0 aromatic rings. The van der Waals surface area contributed by atoms with E-state index in [1.54, 1.807) is 7.11 Å². The lowest BCUT2D eigenvalue weighted by Crippen LogP contribution is -2.27. The van der Waals surface area contributed by atoms with Gasteiger partial charge < -0.3 is 14.2 Å². The Morgan fingerprint density at radius 3 is 2.94 bits per heavy atom. The van der Waals surface area contributed by atoms with Crippen LogP contribution in [0.1, 0.15) is 32.1 Å². The number of hydrogen-bond acceptors (Lipinski definition) is 4. The number of ether oxygens (including phenoxy) is 3. The minimum Gasteiger partial charge on any atom is -0.469 e. The number of carbonyl (C=O) groups excluding carboxylic acids is 1. The fourth-order valence-electron chi connectivity index (χ4n) is 2.70. The van der Waals surface area contributed by atoms with Gasteiger partial charge in [0, 0.05) is 7.11 Å². The molecule has 98 valence electrons. The molecule has 5 heteroatoms. The van der Waals surface area contributed by atoms with E-state index in [4.69, 9.17) is 14.2 Å². The summed E-state index contributed by atoms with van der Waals surface area (Å²) in [6.45, 7) is 0. The van der Waals surface area contributed by atoms with E-state index in [-0.39, 0.29) is 12.1 Å². The molecule has 2 rings (SSSR count). The first-order chi connectivity index (χ1) is 8.24. The molecule has 1 saturated heterocycles. The summed E-state index contributed by atoms with van der Waals surface area (Å²) in [7, 11) is 2.47. The molecule has 1 aliphatic heterocycles. The molecular weight excluding hydrogens is 236 g/mol. The number of hydrogen-bond donors (Lipinski definition) is 0. The topological polar surface area (TPSA) is 48.1 Å². The lowest BCUT2D eigenvalue weighted by atomic mass is 9.85. The molecule has 0 aromatic carbocycles. The molecule has 0 N–H and O–H groups in total. The number of fused-ring (bicyclic) bond motifs is 1. The summed E-state index contributed by atoms with van der Waals surface area (Å²) in [4.78, 5) is 11.6. The molecule has 0 bridgehead atoms. The van der Waals surface area contributed by atoms with Crippen LogP contribution in [-0.2, 0) is 19.0 Å². The minimum atomic E-state index is -0.373. The van der Waals surface area contributed by atoms with Crippen molar-refractivity contribution < 1.29 is 19.0 Å². The summed E-state index contributed by atoms with van der Waals surface area (Å²) in [5.74, 6) is 0.499. The average Bonchev–Trinajstić information content (AvgIpc) is 3.08. The predicted octanol–water partition coefficient (Wildman–Crippen LogP) is 0.215. The Balaban J connectivity index is 1.69. The van der Waals surface area contributed by atoms with Gasteiger partial charge in [-0.1, -0.05) is 0 Å². The van der Waals surface area contributed by atoms with Crippen LogP contribution in [0.5, 0.6) is 0 Å². The van der Waals surface area contributed by atoms with Gasteiger partial charge in [0.25, 0.3) is 0 Å². The van der Waals surface area contributed by atoms with Crippen molar-refractivity contribution in [2.24, 2.45) is 5.92 Å². The zero-order valence-electron chi connectivity index (χ0n) is 10.7. The Kier molecular flexibility index (Phi) is 4.59. The maximum atomic E-state index is 11.6. The highest BCUT2D eigenvalue weighted by molar-refractivity contribution is 6.08. The van der Waals surface area contributed by atoms with Crippen molar-refractivity contribution in [1.29, 1.82) is 0 Å². The van der Waals surface area contributed by atoms with E-state index >= 15 is 0 Å². The van der Waals surface area contributed by atoms with E-state index in [9.17, 15) is 4.79 Å². The van der Waals surface area contributed by atoms with Gasteiger partial charge in [0.05, 0.1) is 28.7 Å². The molecule has 0 spiro atoms. The van der Waals surface area contributed by atoms with E-state index in [1.807, 2.05) is 0 Å². The van der Waals surface area contributed by atoms with Crippen LogP contribution in [0.3, 0.4) is 0 Å². The van der Waals surface area contributed by atoms with Gasteiger partial charge >= 0.3 is 5.97 Å². The summed E-state index contributed by atoms with van der Waals surface area (Å²) < 4.78 is 15.7. The molecule has 2 aliphatic rings. The zero-order chi connectivity index (χ0) is 12.3. The second-order valence-corrected chi connectivity index (χ2v) is 5.52. The van der Waals surface area contributed by atoms with Gasteiger partial charge in [-0.2, -0.15) is 0 Å².